The first-order valence-electron chi connectivity index (χ1n) is 4.86. The molecule has 1 aromatic carbocycles. The van der Waals surface area contributed by atoms with E-state index in [4.69, 9.17) is 9.84 Å². The van der Waals surface area contributed by atoms with Gasteiger partial charge in [0, 0.05) is 25.6 Å². The van der Waals surface area contributed by atoms with Crippen molar-refractivity contribution in [1.82, 2.24) is 9.55 Å². The van der Waals surface area contributed by atoms with Crippen LogP contribution in [0.25, 0.3) is 5.69 Å². The van der Waals surface area contributed by atoms with E-state index < -0.39 is 17.9 Å². The summed E-state index contributed by atoms with van der Waals surface area (Å²) in [5.41, 5.74) is 0.434. The Balaban J connectivity index is 2.46. The molecule has 0 aliphatic rings. The van der Waals surface area contributed by atoms with Gasteiger partial charge in [-0.15, -0.1) is 0 Å². The van der Waals surface area contributed by atoms with Gasteiger partial charge in [-0.05, 0) is 12.1 Å². The molecule has 0 aliphatic carbocycles. The van der Waals surface area contributed by atoms with E-state index in [1.165, 1.54) is 30.0 Å². The molecule has 2 N–H and O–H groups in total. The van der Waals surface area contributed by atoms with E-state index in [2.05, 4.69) is 4.98 Å². The van der Waals surface area contributed by atoms with E-state index in [-0.39, 0.29) is 5.82 Å². The van der Waals surface area contributed by atoms with E-state index in [1.54, 1.807) is 6.20 Å². The molecular formula is C11H11FN2O3. The zero-order chi connectivity index (χ0) is 12.4. The van der Waals surface area contributed by atoms with Crippen LogP contribution in [-0.2, 0) is 4.74 Å². The van der Waals surface area contributed by atoms with Gasteiger partial charge in [0.15, 0.2) is 17.4 Å². The number of aliphatic hydroxyl groups excluding tert-OH is 1. The molecule has 0 amide bonds. The maximum Gasteiger partial charge on any atom is 0.215 e. The van der Waals surface area contributed by atoms with Crippen molar-refractivity contribution in [2.45, 2.75) is 6.29 Å². The van der Waals surface area contributed by atoms with E-state index in [1.807, 2.05) is 0 Å². The average Bonchev–Trinajstić information content (AvgIpc) is 2.80. The van der Waals surface area contributed by atoms with Gasteiger partial charge in [0.05, 0.1) is 5.69 Å². The molecule has 6 heteroatoms. The second-order valence-corrected chi connectivity index (χ2v) is 3.38. The highest BCUT2D eigenvalue weighted by molar-refractivity contribution is 5.39. The maximum absolute atomic E-state index is 13.2. The molecule has 1 heterocycles. The molecule has 0 bridgehead atoms. The van der Waals surface area contributed by atoms with Crippen LogP contribution in [0.1, 0.15) is 12.1 Å². The summed E-state index contributed by atoms with van der Waals surface area (Å²) in [4.78, 5) is 3.92. The number of aromatic hydroxyl groups is 1. The van der Waals surface area contributed by atoms with Crippen molar-refractivity contribution in [2.24, 2.45) is 0 Å². The van der Waals surface area contributed by atoms with Crippen molar-refractivity contribution < 1.29 is 19.3 Å². The SMILES string of the molecule is COC(O)c1nccn1-c1ccc(O)c(F)c1. The summed E-state index contributed by atoms with van der Waals surface area (Å²) in [5, 5.41) is 18.6. The summed E-state index contributed by atoms with van der Waals surface area (Å²) in [6.45, 7) is 0. The van der Waals surface area contributed by atoms with Gasteiger partial charge in [0.1, 0.15) is 0 Å². The Bertz CT molecular complexity index is 527. The van der Waals surface area contributed by atoms with E-state index >= 15 is 0 Å². The van der Waals surface area contributed by atoms with Crippen molar-refractivity contribution in [3.8, 4) is 11.4 Å². The molecular weight excluding hydrogens is 227 g/mol. The Kier molecular flexibility index (Phi) is 3.08. The average molecular weight is 238 g/mol. The number of imidazole rings is 1. The van der Waals surface area contributed by atoms with Crippen LogP contribution >= 0.6 is 0 Å². The normalized spacial score (nSPS) is 12.6. The van der Waals surface area contributed by atoms with Gasteiger partial charge in [0.2, 0.25) is 6.29 Å². The minimum absolute atomic E-state index is 0.234. The summed E-state index contributed by atoms with van der Waals surface area (Å²) in [6.07, 6.45) is 1.83. The third-order valence-electron chi connectivity index (χ3n) is 2.32. The minimum Gasteiger partial charge on any atom is -0.505 e. The monoisotopic (exact) mass is 238 g/mol. The number of methoxy groups -OCH3 is 1. The maximum atomic E-state index is 13.2. The van der Waals surface area contributed by atoms with Gasteiger partial charge in [-0.25, -0.2) is 9.37 Å². The van der Waals surface area contributed by atoms with Crippen molar-refractivity contribution in [3.63, 3.8) is 0 Å². The van der Waals surface area contributed by atoms with Crippen LogP contribution in [0.3, 0.4) is 0 Å². The number of nitrogens with zero attached hydrogens (tertiary/aromatic N) is 2. The highest BCUT2D eigenvalue weighted by Gasteiger charge is 2.14. The standard InChI is InChI=1S/C11H11FN2O3/c1-17-11(16)10-13-4-5-14(10)7-2-3-9(15)8(12)6-7/h2-6,11,15-16H,1H3. The fourth-order valence-electron chi connectivity index (χ4n) is 1.47. The predicted molar refractivity (Wildman–Crippen MR) is 57.2 cm³/mol. The largest absolute Gasteiger partial charge is 0.505 e. The highest BCUT2D eigenvalue weighted by Crippen LogP contribution is 2.22. The van der Waals surface area contributed by atoms with Gasteiger partial charge >= 0.3 is 0 Å². The number of aromatic nitrogens is 2. The summed E-state index contributed by atoms with van der Waals surface area (Å²) >= 11 is 0. The Labute approximate surface area is 96.7 Å². The topological polar surface area (TPSA) is 67.5 Å². The third-order valence-corrected chi connectivity index (χ3v) is 2.32. The first kappa shape index (κ1) is 11.6. The van der Waals surface area contributed by atoms with E-state index in [0.717, 1.165) is 6.07 Å². The lowest BCUT2D eigenvalue weighted by Gasteiger charge is -2.11. The number of halogens is 1. The number of aliphatic hydroxyl groups is 1. The predicted octanol–water partition coefficient (Wildman–Crippen LogP) is 1.35. The molecule has 0 radical (unpaired) electrons. The minimum atomic E-state index is -1.19. The number of phenolic OH excluding ortho intramolecular Hbond substituents is 1. The summed E-state index contributed by atoms with van der Waals surface area (Å²) < 4.78 is 19.4. The van der Waals surface area contributed by atoms with Crippen molar-refractivity contribution in [1.29, 1.82) is 0 Å². The van der Waals surface area contributed by atoms with Gasteiger partial charge in [-0.2, -0.15) is 0 Å². The lowest BCUT2D eigenvalue weighted by molar-refractivity contribution is -0.0838. The molecule has 2 aromatic rings. The molecule has 1 aromatic heterocycles. The quantitative estimate of drug-likeness (QED) is 0.792. The Morgan fingerprint density at radius 3 is 2.88 bits per heavy atom. The van der Waals surface area contributed by atoms with Crippen molar-refractivity contribution >= 4 is 0 Å². The molecule has 5 nitrogen and oxygen atoms in total. The van der Waals surface area contributed by atoms with Crippen LogP contribution in [-0.4, -0.2) is 26.9 Å². The summed E-state index contributed by atoms with van der Waals surface area (Å²) in [5.74, 6) is -0.936. The van der Waals surface area contributed by atoms with Crippen LogP contribution in [0.2, 0.25) is 0 Å². The second kappa shape index (κ2) is 4.52. The molecule has 0 saturated heterocycles. The first-order chi connectivity index (χ1) is 8.13. The Morgan fingerprint density at radius 2 is 2.24 bits per heavy atom. The fourth-order valence-corrected chi connectivity index (χ4v) is 1.47. The number of rotatable bonds is 3. The molecule has 0 aliphatic heterocycles. The van der Waals surface area contributed by atoms with Crippen LogP contribution in [0, 0.1) is 5.82 Å². The highest BCUT2D eigenvalue weighted by atomic mass is 19.1. The molecule has 17 heavy (non-hydrogen) atoms. The Hall–Kier alpha value is -1.92. The first-order valence-corrected chi connectivity index (χ1v) is 4.86. The molecule has 1 unspecified atom stereocenters. The van der Waals surface area contributed by atoms with E-state index in [9.17, 15) is 9.50 Å². The van der Waals surface area contributed by atoms with Crippen LogP contribution in [0.15, 0.2) is 30.6 Å². The number of hydrogen-bond acceptors (Lipinski definition) is 4. The lowest BCUT2D eigenvalue weighted by Crippen LogP contribution is -2.08. The number of benzene rings is 1. The van der Waals surface area contributed by atoms with Gasteiger partial charge in [0.25, 0.3) is 0 Å². The van der Waals surface area contributed by atoms with Gasteiger partial charge in [-0.3, -0.25) is 4.57 Å². The molecule has 0 spiro atoms. The summed E-state index contributed by atoms with van der Waals surface area (Å²) in [6, 6.07) is 3.88. The lowest BCUT2D eigenvalue weighted by atomic mass is 10.3. The molecule has 90 valence electrons. The van der Waals surface area contributed by atoms with Crippen LogP contribution < -0.4 is 0 Å². The zero-order valence-electron chi connectivity index (χ0n) is 9.04. The van der Waals surface area contributed by atoms with Gasteiger partial charge < -0.3 is 14.9 Å². The van der Waals surface area contributed by atoms with Crippen LogP contribution in [0.4, 0.5) is 4.39 Å². The summed E-state index contributed by atoms with van der Waals surface area (Å²) in [7, 11) is 1.33. The van der Waals surface area contributed by atoms with E-state index in [0.29, 0.717) is 5.69 Å². The number of ether oxygens (including phenoxy) is 1. The van der Waals surface area contributed by atoms with Crippen LogP contribution in [0.5, 0.6) is 5.75 Å². The van der Waals surface area contributed by atoms with Crippen molar-refractivity contribution in [2.75, 3.05) is 7.11 Å². The number of hydrogen-bond donors (Lipinski definition) is 2. The third kappa shape index (κ3) is 2.13. The molecule has 0 fully saturated rings. The number of phenols is 1. The molecule has 0 saturated carbocycles. The van der Waals surface area contributed by atoms with Crippen molar-refractivity contribution in [3.05, 3.63) is 42.2 Å². The van der Waals surface area contributed by atoms with Gasteiger partial charge in [-0.1, -0.05) is 0 Å². The molecule has 2 rings (SSSR count). The molecule has 1 atom stereocenters. The zero-order valence-corrected chi connectivity index (χ0v) is 9.04. The smallest absolute Gasteiger partial charge is 0.215 e. The fraction of sp³-hybridized carbons (Fsp3) is 0.182. The second-order valence-electron chi connectivity index (χ2n) is 3.38. The Morgan fingerprint density at radius 1 is 1.47 bits per heavy atom.